The topological polar surface area (TPSA) is 136 Å². The third kappa shape index (κ3) is 28.0. The minimum absolute atomic E-state index is 0.155. The highest BCUT2D eigenvalue weighted by Crippen LogP contribution is 2.35. The lowest BCUT2D eigenvalue weighted by atomic mass is 10.4. The summed E-state index contributed by atoms with van der Waals surface area (Å²) >= 11 is 0. The van der Waals surface area contributed by atoms with E-state index in [9.17, 15) is 9.59 Å². The van der Waals surface area contributed by atoms with Gasteiger partial charge in [0, 0.05) is 36.4 Å². The first-order chi connectivity index (χ1) is 24.6. The van der Waals surface area contributed by atoms with Crippen LogP contribution in [0.2, 0.25) is 117 Å². The van der Waals surface area contributed by atoms with Crippen molar-refractivity contribution in [1.82, 2.24) is 0 Å². The van der Waals surface area contributed by atoms with Crippen LogP contribution >= 0.6 is 0 Å². The first kappa shape index (κ1) is 54.8. The van der Waals surface area contributed by atoms with Gasteiger partial charge in [-0.3, -0.25) is 0 Å². The fourth-order valence-electron chi connectivity index (χ4n) is 5.30. The van der Waals surface area contributed by atoms with Crippen molar-refractivity contribution in [3.05, 3.63) is 24.3 Å². The number of carbonyl (C=O) groups excluding carboxylic acids is 2. The fourth-order valence-corrected chi connectivity index (χ4v) is 38.9. The van der Waals surface area contributed by atoms with Crippen molar-refractivity contribution in [2.45, 2.75) is 144 Å². The van der Waals surface area contributed by atoms with Gasteiger partial charge in [0.25, 0.3) is 0 Å². The van der Waals surface area contributed by atoms with Gasteiger partial charge in [-0.2, -0.15) is 0 Å². The zero-order chi connectivity index (χ0) is 43.2. The van der Waals surface area contributed by atoms with Crippen molar-refractivity contribution in [2.24, 2.45) is 0 Å². The van der Waals surface area contributed by atoms with Crippen LogP contribution in [0.25, 0.3) is 0 Å². The molecule has 0 rings (SSSR count). The smallest absolute Gasteiger partial charge is 0.460 e. The minimum Gasteiger partial charge on any atom is -0.460 e. The molecule has 0 aromatic rings. The monoisotopic (exact) mass is 918 g/mol. The predicted octanol–water partition coefficient (Wildman–Crippen LogP) is 8.78. The van der Waals surface area contributed by atoms with Crippen LogP contribution in [0.4, 0.5) is 0 Å². The van der Waals surface area contributed by atoms with E-state index in [4.69, 9.17) is 47.8 Å². The Bertz CT molecular complexity index is 1100. The summed E-state index contributed by atoms with van der Waals surface area (Å²) in [6, 6.07) is 1.11. The molecule has 0 aliphatic heterocycles. The van der Waals surface area contributed by atoms with Crippen LogP contribution in [-0.2, 0) is 57.3 Å². The number of rotatable bonds is 30. The van der Waals surface area contributed by atoms with E-state index in [-0.39, 0.29) is 26.4 Å². The van der Waals surface area contributed by atoms with Crippen molar-refractivity contribution in [2.75, 3.05) is 39.6 Å². The molecule has 0 unspecified atom stereocenters. The van der Waals surface area contributed by atoms with Gasteiger partial charge in [0.2, 0.25) is 0 Å². The lowest BCUT2D eigenvalue weighted by Gasteiger charge is -2.47. The summed E-state index contributed by atoms with van der Waals surface area (Å²) in [6.45, 7) is 46.1. The maximum Gasteiger partial charge on any atom is 0.471 e. The third-order valence-corrected chi connectivity index (χ3v) is 33.4. The molecule has 0 atom stereocenters. The molecule has 0 heterocycles. The average Bonchev–Trinajstić information content (AvgIpc) is 2.90. The van der Waals surface area contributed by atoms with Crippen LogP contribution in [0.3, 0.4) is 0 Å². The van der Waals surface area contributed by atoms with Crippen LogP contribution in [0, 0.1) is 0 Å². The molecule has 0 saturated heterocycles. The number of carbonyl (C=O) groups is 2. The normalized spacial score (nSPS) is 13.9. The number of esters is 2. The predicted molar refractivity (Wildman–Crippen MR) is 239 cm³/mol. The molecule has 0 bridgehead atoms. The Balaban J connectivity index is 6.29. The van der Waals surface area contributed by atoms with E-state index in [1.807, 2.05) is 26.2 Å². The van der Waals surface area contributed by atoms with E-state index in [1.165, 1.54) is 0 Å². The summed E-state index contributed by atoms with van der Waals surface area (Å²) in [6.07, 6.45) is 1.28. The van der Waals surface area contributed by atoms with Crippen molar-refractivity contribution in [3.8, 4) is 0 Å². The van der Waals surface area contributed by atoms with Crippen molar-refractivity contribution >= 4 is 79.9 Å². The van der Waals surface area contributed by atoms with Crippen LogP contribution < -0.4 is 0 Å². The van der Waals surface area contributed by atoms with E-state index in [0.29, 0.717) is 49.3 Å². The summed E-state index contributed by atoms with van der Waals surface area (Å²) < 4.78 is 71.3. The quantitative estimate of drug-likeness (QED) is 0.0294. The van der Waals surface area contributed by atoms with E-state index in [0.717, 1.165) is 0 Å². The fraction of sp³-hybridized carbons (Fsp3) is 0.824. The van der Waals surface area contributed by atoms with E-state index in [2.05, 4.69) is 91.7 Å². The van der Waals surface area contributed by atoms with Gasteiger partial charge >= 0.3 is 46.7 Å². The Kier molecular flexibility index (Phi) is 22.9. The molecule has 0 radical (unpaired) electrons. The molecular weight excluding hydrogens is 841 g/mol. The molecule has 0 fully saturated rings. The second-order valence-electron chi connectivity index (χ2n) is 18.6. The van der Waals surface area contributed by atoms with Crippen molar-refractivity contribution in [1.29, 1.82) is 0 Å². The lowest BCUT2D eigenvalue weighted by Crippen LogP contribution is -2.66. The van der Waals surface area contributed by atoms with Crippen LogP contribution in [0.1, 0.15) is 26.7 Å². The Morgan fingerprint density at radius 3 is 0.909 bits per heavy atom. The second-order valence-corrected chi connectivity index (χ2v) is 50.5. The van der Waals surface area contributed by atoms with Gasteiger partial charge in [-0.1, -0.05) is 13.2 Å². The van der Waals surface area contributed by atoms with Crippen LogP contribution in [0.5, 0.6) is 0 Å². The second kappa shape index (κ2) is 23.0. The zero-order valence-electron chi connectivity index (χ0n) is 37.8. The largest absolute Gasteiger partial charge is 0.471 e. The van der Waals surface area contributed by atoms with Gasteiger partial charge in [-0.05, 0) is 131 Å². The van der Waals surface area contributed by atoms with Gasteiger partial charge in [0.15, 0.2) is 33.3 Å². The number of hydrogen-bond acceptors (Lipinski definition) is 13. The van der Waals surface area contributed by atoms with Gasteiger partial charge in [-0.15, -0.1) is 0 Å². The number of hydrogen-bond donors (Lipinski definition) is 0. The number of ether oxygens (including phenoxy) is 4. The average molecular weight is 920 g/mol. The Morgan fingerprint density at radius 1 is 0.400 bits per heavy atom. The Labute approximate surface area is 343 Å². The molecule has 0 N–H and O–H groups in total. The first-order valence-electron chi connectivity index (χ1n) is 19.3. The molecule has 0 aromatic heterocycles. The molecule has 21 heteroatoms. The molecule has 0 saturated carbocycles. The third-order valence-electron chi connectivity index (χ3n) is 6.30. The van der Waals surface area contributed by atoms with Gasteiger partial charge in [0.05, 0.1) is 13.2 Å². The Hall–Kier alpha value is -0.205. The molecule has 0 aliphatic rings. The molecule has 0 spiro atoms. The summed E-state index contributed by atoms with van der Waals surface area (Å²) in [7, 11) is -21.4. The van der Waals surface area contributed by atoms with E-state index < -0.39 is 79.9 Å². The molecule has 0 aromatic carbocycles. The standard InChI is InChI=1S/C34H78O13Si8/c1-31(2)33(35)39-27-25-37-23-21-29-54(41-48(5,6)7,42-49(8,9)10)46-52(17,18)45-53(19,20)47-55(43-50(11,12)13,44-51(14,15)16)30-22-24-38-26-28-40-34(36)32(3)4/h1,3,21-30H2,2,4-20H3. The molecule has 0 aliphatic carbocycles. The highest BCUT2D eigenvalue weighted by atomic mass is 28.5. The highest BCUT2D eigenvalue weighted by molar-refractivity contribution is 6.93. The van der Waals surface area contributed by atoms with Crippen molar-refractivity contribution in [3.63, 3.8) is 0 Å². The zero-order valence-corrected chi connectivity index (χ0v) is 45.8. The SMILES string of the molecule is C=C(C)C(=O)OCCOCCC[Si](O[Si](C)(C)C)(O[Si](C)(C)C)O[Si](C)(C)O[Si](C)(C)O[Si](CCCOCCOC(=O)C(=C)C)(O[Si](C)(C)C)O[Si](C)(C)C. The van der Waals surface area contributed by atoms with E-state index in [1.54, 1.807) is 13.8 Å². The first-order valence-corrected chi connectivity index (χ1v) is 42.5. The summed E-state index contributed by atoms with van der Waals surface area (Å²) in [5, 5.41) is 0. The minimum atomic E-state index is -3.33. The summed E-state index contributed by atoms with van der Waals surface area (Å²) in [5.74, 6) is -0.858. The molecule has 55 heavy (non-hydrogen) atoms. The lowest BCUT2D eigenvalue weighted by molar-refractivity contribution is -0.141. The van der Waals surface area contributed by atoms with Crippen molar-refractivity contribution < 1.29 is 57.3 Å². The molecule has 324 valence electrons. The Morgan fingerprint density at radius 2 is 0.673 bits per heavy atom. The summed E-state index contributed by atoms with van der Waals surface area (Å²) in [4.78, 5) is 23.5. The van der Waals surface area contributed by atoms with Gasteiger partial charge in [0.1, 0.15) is 13.2 Å². The molecule has 13 nitrogen and oxygen atoms in total. The van der Waals surface area contributed by atoms with Crippen LogP contribution in [-0.4, -0.2) is 120 Å². The van der Waals surface area contributed by atoms with E-state index >= 15 is 0 Å². The molecule has 0 amide bonds. The van der Waals surface area contributed by atoms with Gasteiger partial charge < -0.3 is 47.8 Å². The van der Waals surface area contributed by atoms with Crippen LogP contribution in [0.15, 0.2) is 24.3 Å². The highest BCUT2D eigenvalue weighted by Gasteiger charge is 2.56. The molecular formula is C34H78O13Si8. The maximum atomic E-state index is 11.7. The maximum absolute atomic E-state index is 11.7. The van der Waals surface area contributed by atoms with Gasteiger partial charge in [-0.25, -0.2) is 9.59 Å². The summed E-state index contributed by atoms with van der Waals surface area (Å²) in [5.41, 5.74) is 0.709.